The van der Waals surface area contributed by atoms with Crippen LogP contribution in [0.4, 0.5) is 0 Å². The van der Waals surface area contributed by atoms with Gasteiger partial charge in [-0.15, -0.1) is 0 Å². The van der Waals surface area contributed by atoms with E-state index in [1.54, 1.807) is 0 Å². The number of nitrogens with one attached hydrogen (secondary N) is 1. The number of H-pyrrole nitrogens is 1. The van der Waals surface area contributed by atoms with Crippen LogP contribution < -0.4 is 11.4 Å². The summed E-state index contributed by atoms with van der Waals surface area (Å²) in [6, 6.07) is 7.44. The maximum Gasteiger partial charge on any atom is 0.348 e. The van der Waals surface area contributed by atoms with Crippen LogP contribution in [-0.4, -0.2) is 21.3 Å². The van der Waals surface area contributed by atoms with E-state index in [0.717, 1.165) is 16.6 Å². The largest absolute Gasteiger partial charge is 0.348 e. The highest BCUT2D eigenvalue weighted by molar-refractivity contribution is 9.10. The molecule has 0 radical (unpaired) electrons. The molecule has 0 fully saturated rings. The predicted molar refractivity (Wildman–Crippen MR) is 69.3 cm³/mol. The van der Waals surface area contributed by atoms with Crippen molar-refractivity contribution in [1.82, 2.24) is 14.8 Å². The molecule has 2 rings (SSSR count). The van der Waals surface area contributed by atoms with Gasteiger partial charge >= 0.3 is 5.69 Å². The van der Waals surface area contributed by atoms with Crippen LogP contribution in [0.15, 0.2) is 33.5 Å². The average Bonchev–Trinajstić information content (AvgIpc) is 2.68. The summed E-state index contributed by atoms with van der Waals surface area (Å²) in [6.07, 6.45) is 1.50. The van der Waals surface area contributed by atoms with Crippen molar-refractivity contribution in [3.8, 4) is 5.69 Å². The summed E-state index contributed by atoms with van der Waals surface area (Å²) in [5, 5.41) is 4.23. The van der Waals surface area contributed by atoms with E-state index in [2.05, 4.69) is 26.0 Å². The van der Waals surface area contributed by atoms with Gasteiger partial charge in [0.05, 0.1) is 5.69 Å². The smallest absolute Gasteiger partial charge is 0.330 e. The number of halogens is 1. The molecule has 0 aliphatic heterocycles. The Morgan fingerprint density at radius 2 is 2.29 bits per heavy atom. The van der Waals surface area contributed by atoms with Crippen LogP contribution in [-0.2, 0) is 6.42 Å². The third kappa shape index (κ3) is 2.83. The minimum Gasteiger partial charge on any atom is -0.330 e. The second-order valence-corrected chi connectivity index (χ2v) is 4.58. The summed E-state index contributed by atoms with van der Waals surface area (Å²) >= 11 is 3.36. The summed E-state index contributed by atoms with van der Waals surface area (Å²) in [5.74, 6) is 0.667. The SMILES string of the molecule is NCCCc1nn(-c2cccc(Br)c2)c(=O)[nH]1. The minimum absolute atomic E-state index is 0.227. The fraction of sp³-hybridized carbons (Fsp3) is 0.273. The molecule has 2 aromatic rings. The molecule has 1 aromatic carbocycles. The zero-order valence-electron chi connectivity index (χ0n) is 9.19. The first-order chi connectivity index (χ1) is 8.20. The van der Waals surface area contributed by atoms with Gasteiger partial charge in [-0.2, -0.15) is 9.78 Å². The average molecular weight is 297 g/mol. The van der Waals surface area contributed by atoms with Gasteiger partial charge in [0.1, 0.15) is 5.82 Å². The maximum absolute atomic E-state index is 11.7. The van der Waals surface area contributed by atoms with Crippen molar-refractivity contribution in [2.24, 2.45) is 5.73 Å². The Hall–Kier alpha value is -1.40. The molecule has 0 unspecified atom stereocenters. The number of aromatic amines is 1. The van der Waals surface area contributed by atoms with Gasteiger partial charge in [-0.3, -0.25) is 4.98 Å². The van der Waals surface area contributed by atoms with E-state index in [0.29, 0.717) is 18.8 Å². The first-order valence-electron chi connectivity index (χ1n) is 5.35. The summed E-state index contributed by atoms with van der Waals surface area (Å²) < 4.78 is 2.27. The fourth-order valence-electron chi connectivity index (χ4n) is 1.53. The van der Waals surface area contributed by atoms with Gasteiger partial charge in [0.25, 0.3) is 0 Å². The highest BCUT2D eigenvalue weighted by Gasteiger charge is 2.06. The van der Waals surface area contributed by atoms with E-state index >= 15 is 0 Å². The highest BCUT2D eigenvalue weighted by atomic mass is 79.9. The third-order valence-electron chi connectivity index (χ3n) is 2.33. The van der Waals surface area contributed by atoms with E-state index in [-0.39, 0.29) is 5.69 Å². The van der Waals surface area contributed by atoms with Gasteiger partial charge in [-0.05, 0) is 31.2 Å². The number of hydrogen-bond acceptors (Lipinski definition) is 3. The summed E-state index contributed by atoms with van der Waals surface area (Å²) in [4.78, 5) is 14.4. The second kappa shape index (κ2) is 5.29. The molecule has 6 heteroatoms. The quantitative estimate of drug-likeness (QED) is 0.890. The van der Waals surface area contributed by atoms with Gasteiger partial charge < -0.3 is 5.73 Å². The third-order valence-corrected chi connectivity index (χ3v) is 2.83. The number of aryl methyl sites for hydroxylation is 1. The van der Waals surface area contributed by atoms with E-state index in [4.69, 9.17) is 5.73 Å². The number of nitrogens with zero attached hydrogens (tertiary/aromatic N) is 2. The molecule has 90 valence electrons. The Labute approximate surface area is 107 Å². The van der Waals surface area contributed by atoms with Gasteiger partial charge in [-0.1, -0.05) is 22.0 Å². The number of nitrogens with two attached hydrogens (primary N) is 1. The number of rotatable bonds is 4. The topological polar surface area (TPSA) is 76.7 Å². The molecule has 0 bridgehead atoms. The molecule has 3 N–H and O–H groups in total. The standard InChI is InChI=1S/C11H13BrN4O/c12-8-3-1-4-9(7-8)16-11(17)14-10(15-16)5-2-6-13/h1,3-4,7H,2,5-6,13H2,(H,14,15,17). The van der Waals surface area contributed by atoms with Crippen molar-refractivity contribution < 1.29 is 0 Å². The first-order valence-corrected chi connectivity index (χ1v) is 6.14. The van der Waals surface area contributed by atoms with Crippen molar-refractivity contribution in [2.45, 2.75) is 12.8 Å². The number of benzene rings is 1. The van der Waals surface area contributed by atoms with Crippen molar-refractivity contribution in [1.29, 1.82) is 0 Å². The van der Waals surface area contributed by atoms with Crippen LogP contribution in [0.25, 0.3) is 5.69 Å². The summed E-state index contributed by atoms with van der Waals surface area (Å²) in [5.41, 5.74) is 5.93. The van der Waals surface area contributed by atoms with Gasteiger partial charge in [0.2, 0.25) is 0 Å². The van der Waals surface area contributed by atoms with Crippen LogP contribution in [0.3, 0.4) is 0 Å². The number of hydrogen-bond donors (Lipinski definition) is 2. The molecule has 1 aromatic heterocycles. The molecular weight excluding hydrogens is 284 g/mol. The first kappa shape index (κ1) is 12.1. The molecule has 0 amide bonds. The van der Waals surface area contributed by atoms with Gasteiger partial charge in [0.15, 0.2) is 0 Å². The normalized spacial score (nSPS) is 10.7. The van der Waals surface area contributed by atoms with E-state index in [1.165, 1.54) is 4.68 Å². The van der Waals surface area contributed by atoms with Crippen LogP contribution in [0.2, 0.25) is 0 Å². The van der Waals surface area contributed by atoms with Crippen LogP contribution in [0, 0.1) is 0 Å². The lowest BCUT2D eigenvalue weighted by atomic mass is 10.3. The Kier molecular flexibility index (Phi) is 3.75. The monoisotopic (exact) mass is 296 g/mol. The molecule has 0 atom stereocenters. The molecule has 0 saturated heterocycles. The molecular formula is C11H13BrN4O. The lowest BCUT2D eigenvalue weighted by Gasteiger charge is -1.99. The molecule has 0 aliphatic rings. The van der Waals surface area contributed by atoms with Crippen molar-refractivity contribution in [3.63, 3.8) is 0 Å². The van der Waals surface area contributed by atoms with Crippen LogP contribution >= 0.6 is 15.9 Å². The molecule has 1 heterocycles. The lowest BCUT2D eigenvalue weighted by molar-refractivity contribution is 0.762. The van der Waals surface area contributed by atoms with Crippen LogP contribution in [0.1, 0.15) is 12.2 Å². The lowest BCUT2D eigenvalue weighted by Crippen LogP contribution is -2.15. The zero-order valence-corrected chi connectivity index (χ0v) is 10.8. The molecule has 5 nitrogen and oxygen atoms in total. The fourth-order valence-corrected chi connectivity index (χ4v) is 1.92. The van der Waals surface area contributed by atoms with E-state index in [9.17, 15) is 4.79 Å². The molecule has 0 spiro atoms. The minimum atomic E-state index is -0.227. The Balaban J connectivity index is 2.33. The zero-order chi connectivity index (χ0) is 12.3. The van der Waals surface area contributed by atoms with Gasteiger partial charge in [-0.25, -0.2) is 4.79 Å². The van der Waals surface area contributed by atoms with Gasteiger partial charge in [0, 0.05) is 10.9 Å². The second-order valence-electron chi connectivity index (χ2n) is 3.66. The van der Waals surface area contributed by atoms with E-state index < -0.39 is 0 Å². The van der Waals surface area contributed by atoms with Crippen molar-refractivity contribution in [2.75, 3.05) is 6.54 Å². The maximum atomic E-state index is 11.7. The van der Waals surface area contributed by atoms with Crippen molar-refractivity contribution >= 4 is 15.9 Å². The summed E-state index contributed by atoms with van der Waals surface area (Å²) in [7, 11) is 0. The van der Waals surface area contributed by atoms with Crippen LogP contribution in [0.5, 0.6) is 0 Å². The predicted octanol–water partition coefficient (Wildman–Crippen LogP) is 1.21. The molecule has 17 heavy (non-hydrogen) atoms. The molecule has 0 aliphatic carbocycles. The van der Waals surface area contributed by atoms with Crippen molar-refractivity contribution in [3.05, 3.63) is 45.0 Å². The van der Waals surface area contributed by atoms with E-state index in [1.807, 2.05) is 24.3 Å². The Bertz CT molecular complexity index is 561. The number of aromatic nitrogens is 3. The highest BCUT2D eigenvalue weighted by Crippen LogP contribution is 2.13. The Morgan fingerprint density at radius 3 is 3.00 bits per heavy atom. The molecule has 0 saturated carbocycles. The summed E-state index contributed by atoms with van der Waals surface area (Å²) in [6.45, 7) is 0.589. The Morgan fingerprint density at radius 1 is 1.47 bits per heavy atom.